The first-order chi connectivity index (χ1) is 12.1. The van der Waals surface area contributed by atoms with Crippen molar-refractivity contribution in [2.75, 3.05) is 0 Å². The van der Waals surface area contributed by atoms with Crippen molar-refractivity contribution in [2.45, 2.75) is 13.8 Å². The van der Waals surface area contributed by atoms with E-state index in [-0.39, 0.29) is 5.56 Å². The second-order valence-electron chi connectivity index (χ2n) is 5.85. The Morgan fingerprint density at radius 2 is 1.96 bits per heavy atom. The molecule has 0 saturated carbocycles. The average Bonchev–Trinajstić information content (AvgIpc) is 3.14. The van der Waals surface area contributed by atoms with E-state index >= 15 is 0 Å². The van der Waals surface area contributed by atoms with Crippen LogP contribution in [0.25, 0.3) is 15.9 Å². The van der Waals surface area contributed by atoms with Crippen LogP contribution in [0.4, 0.5) is 5.13 Å². The molecule has 2 aromatic carbocycles. The molecular formula is C19H16N4OS. The number of hydrogen-bond acceptors (Lipinski definition) is 4. The molecule has 0 spiro atoms. The first-order valence-electron chi connectivity index (χ1n) is 7.90. The van der Waals surface area contributed by atoms with E-state index in [1.807, 2.05) is 49.4 Å². The number of hydrogen-bond donors (Lipinski definition) is 1. The van der Waals surface area contributed by atoms with Crippen LogP contribution in [0.5, 0.6) is 0 Å². The molecule has 0 amide bonds. The minimum absolute atomic E-state index is 0.121. The first kappa shape index (κ1) is 15.5. The molecule has 0 bridgehead atoms. The maximum atomic E-state index is 12.7. The highest BCUT2D eigenvalue weighted by molar-refractivity contribution is 7.22. The predicted molar refractivity (Wildman–Crippen MR) is 103 cm³/mol. The largest absolute Gasteiger partial charge is 0.295 e. The van der Waals surface area contributed by atoms with Gasteiger partial charge in [0.1, 0.15) is 0 Å². The molecule has 0 unspecified atom stereocenters. The summed E-state index contributed by atoms with van der Waals surface area (Å²) in [7, 11) is 0. The molecule has 0 fully saturated rings. The van der Waals surface area contributed by atoms with E-state index in [1.165, 1.54) is 21.6 Å². The van der Waals surface area contributed by atoms with Crippen molar-refractivity contribution >= 4 is 32.9 Å². The van der Waals surface area contributed by atoms with Gasteiger partial charge >= 0.3 is 0 Å². The van der Waals surface area contributed by atoms with E-state index in [9.17, 15) is 4.79 Å². The lowest BCUT2D eigenvalue weighted by atomic mass is 10.2. The normalized spacial score (nSPS) is 11.6. The topological polar surface area (TPSA) is 63.0 Å². The highest BCUT2D eigenvalue weighted by Crippen LogP contribution is 2.28. The third kappa shape index (κ3) is 2.92. The zero-order chi connectivity index (χ0) is 17.4. The zero-order valence-corrected chi connectivity index (χ0v) is 14.7. The van der Waals surface area contributed by atoms with Crippen molar-refractivity contribution in [3.05, 3.63) is 75.7 Å². The van der Waals surface area contributed by atoms with Crippen molar-refractivity contribution in [1.29, 1.82) is 0 Å². The lowest BCUT2D eigenvalue weighted by Gasteiger charge is -1.99. The molecule has 2 aromatic heterocycles. The maximum Gasteiger partial charge on any atom is 0.280 e. The maximum absolute atomic E-state index is 12.7. The number of para-hydroxylation sites is 1. The van der Waals surface area contributed by atoms with Crippen molar-refractivity contribution in [2.24, 2.45) is 4.99 Å². The third-order valence-electron chi connectivity index (χ3n) is 3.97. The lowest BCUT2D eigenvalue weighted by molar-refractivity contribution is 0.835. The summed E-state index contributed by atoms with van der Waals surface area (Å²) in [5, 5.41) is 3.74. The van der Waals surface area contributed by atoms with Crippen molar-refractivity contribution in [3.63, 3.8) is 0 Å². The van der Waals surface area contributed by atoms with Crippen LogP contribution in [0.2, 0.25) is 0 Å². The Morgan fingerprint density at radius 1 is 1.16 bits per heavy atom. The number of thiazole rings is 1. The smallest absolute Gasteiger partial charge is 0.280 e. The molecule has 2 heterocycles. The molecule has 6 heteroatoms. The van der Waals surface area contributed by atoms with Crippen LogP contribution >= 0.6 is 11.3 Å². The SMILES string of the molecule is Cc1ccc2nc(N=Cc3c(C)[nH]n(-c4ccccc4)c3=O)sc2c1. The van der Waals surface area contributed by atoms with Gasteiger partial charge in [0.05, 0.1) is 21.5 Å². The highest BCUT2D eigenvalue weighted by Gasteiger charge is 2.11. The Labute approximate surface area is 148 Å². The molecule has 4 rings (SSSR count). The number of rotatable bonds is 3. The van der Waals surface area contributed by atoms with Gasteiger partial charge in [-0.3, -0.25) is 9.89 Å². The summed E-state index contributed by atoms with van der Waals surface area (Å²) in [5.74, 6) is 0. The van der Waals surface area contributed by atoms with E-state index in [1.54, 1.807) is 6.21 Å². The fourth-order valence-corrected chi connectivity index (χ4v) is 3.57. The van der Waals surface area contributed by atoms with Gasteiger partial charge in [-0.05, 0) is 43.7 Å². The molecule has 0 aliphatic carbocycles. The second kappa shape index (κ2) is 6.14. The molecular weight excluding hydrogens is 332 g/mol. The zero-order valence-electron chi connectivity index (χ0n) is 13.9. The molecule has 124 valence electrons. The number of H-pyrrole nitrogens is 1. The summed E-state index contributed by atoms with van der Waals surface area (Å²) in [6, 6.07) is 15.6. The number of nitrogens with zero attached hydrogens (tertiary/aromatic N) is 3. The van der Waals surface area contributed by atoms with Crippen molar-refractivity contribution in [3.8, 4) is 5.69 Å². The average molecular weight is 348 g/mol. The Hall–Kier alpha value is -2.99. The summed E-state index contributed by atoms with van der Waals surface area (Å²) in [6.45, 7) is 3.92. The van der Waals surface area contributed by atoms with E-state index in [0.29, 0.717) is 10.7 Å². The molecule has 0 aliphatic heterocycles. The summed E-state index contributed by atoms with van der Waals surface area (Å²) < 4.78 is 2.62. The van der Waals surface area contributed by atoms with Gasteiger partial charge in [-0.2, -0.15) is 0 Å². The van der Waals surface area contributed by atoms with Gasteiger partial charge < -0.3 is 0 Å². The number of fused-ring (bicyclic) bond motifs is 1. The number of aromatic amines is 1. The molecule has 0 atom stereocenters. The minimum Gasteiger partial charge on any atom is -0.295 e. The van der Waals surface area contributed by atoms with E-state index in [4.69, 9.17) is 0 Å². The van der Waals surface area contributed by atoms with Gasteiger partial charge in [0, 0.05) is 11.9 Å². The van der Waals surface area contributed by atoms with E-state index < -0.39 is 0 Å². The number of nitrogens with one attached hydrogen (secondary N) is 1. The molecule has 5 nitrogen and oxygen atoms in total. The van der Waals surface area contributed by atoms with Gasteiger partial charge in [-0.25, -0.2) is 14.7 Å². The van der Waals surface area contributed by atoms with Gasteiger partial charge in [0.25, 0.3) is 5.56 Å². The molecule has 0 radical (unpaired) electrons. The highest BCUT2D eigenvalue weighted by atomic mass is 32.1. The Balaban J connectivity index is 1.71. The summed E-state index contributed by atoms with van der Waals surface area (Å²) >= 11 is 1.52. The lowest BCUT2D eigenvalue weighted by Crippen LogP contribution is -2.17. The van der Waals surface area contributed by atoms with Crippen LogP contribution < -0.4 is 5.56 Å². The molecule has 1 N–H and O–H groups in total. The summed E-state index contributed by atoms with van der Waals surface area (Å²) in [6.07, 6.45) is 1.60. The van der Waals surface area contributed by atoms with Crippen LogP contribution in [0.3, 0.4) is 0 Å². The number of benzene rings is 2. The minimum atomic E-state index is -0.121. The standard InChI is InChI=1S/C19H16N4OS/c1-12-8-9-16-17(10-12)25-19(21-16)20-11-15-13(2)22-23(18(15)24)14-6-4-3-5-7-14/h3-11,22H,1-2H3. The Morgan fingerprint density at radius 3 is 2.76 bits per heavy atom. The van der Waals surface area contributed by atoms with Gasteiger partial charge in [-0.15, -0.1) is 0 Å². The van der Waals surface area contributed by atoms with Gasteiger partial charge in [0.2, 0.25) is 5.13 Å². The third-order valence-corrected chi connectivity index (χ3v) is 4.89. The van der Waals surface area contributed by atoms with Crippen LogP contribution in [0.15, 0.2) is 58.3 Å². The van der Waals surface area contributed by atoms with Crippen LogP contribution in [-0.2, 0) is 0 Å². The fraction of sp³-hybridized carbons (Fsp3) is 0.105. The Kier molecular flexibility index (Phi) is 3.82. The summed E-state index contributed by atoms with van der Waals surface area (Å²) in [5.41, 5.74) is 4.11. The number of aromatic nitrogens is 3. The summed E-state index contributed by atoms with van der Waals surface area (Å²) in [4.78, 5) is 21.6. The van der Waals surface area contributed by atoms with Crippen LogP contribution in [-0.4, -0.2) is 21.0 Å². The van der Waals surface area contributed by atoms with E-state index in [0.717, 1.165) is 21.6 Å². The first-order valence-corrected chi connectivity index (χ1v) is 8.72. The van der Waals surface area contributed by atoms with Crippen LogP contribution in [0, 0.1) is 13.8 Å². The molecule has 25 heavy (non-hydrogen) atoms. The monoisotopic (exact) mass is 348 g/mol. The van der Waals surface area contributed by atoms with Crippen molar-refractivity contribution < 1.29 is 0 Å². The van der Waals surface area contributed by atoms with E-state index in [2.05, 4.69) is 28.1 Å². The van der Waals surface area contributed by atoms with Crippen molar-refractivity contribution in [1.82, 2.24) is 14.8 Å². The second-order valence-corrected chi connectivity index (χ2v) is 6.86. The molecule has 0 saturated heterocycles. The number of aryl methyl sites for hydroxylation is 2. The van der Waals surface area contributed by atoms with Crippen LogP contribution in [0.1, 0.15) is 16.8 Å². The quantitative estimate of drug-likeness (QED) is 0.566. The molecule has 4 aromatic rings. The number of aliphatic imine (C=N–C) groups is 1. The van der Waals surface area contributed by atoms with Gasteiger partial charge in [-0.1, -0.05) is 35.6 Å². The Bertz CT molecular complexity index is 1140. The van der Waals surface area contributed by atoms with Gasteiger partial charge in [0.15, 0.2) is 0 Å². The predicted octanol–water partition coefficient (Wildman–Crippen LogP) is 4.14. The molecule has 0 aliphatic rings. The fourth-order valence-electron chi connectivity index (χ4n) is 2.67.